The summed E-state index contributed by atoms with van der Waals surface area (Å²) in [6.07, 6.45) is 0.351. The first kappa shape index (κ1) is 12.2. The third-order valence-electron chi connectivity index (χ3n) is 2.46. The van der Waals surface area contributed by atoms with Crippen LogP contribution in [0, 0.1) is 6.92 Å². The van der Waals surface area contributed by atoms with E-state index in [0.29, 0.717) is 5.82 Å². The van der Waals surface area contributed by atoms with E-state index in [1.54, 1.807) is 6.92 Å². The summed E-state index contributed by atoms with van der Waals surface area (Å²) < 4.78 is 4.80. The molecule has 2 heterocycles. The Kier molecular flexibility index (Phi) is 3.35. The maximum Gasteiger partial charge on any atom is 0.246 e. The molecule has 1 aliphatic rings. The Morgan fingerprint density at radius 2 is 2.06 bits per heavy atom. The van der Waals surface area contributed by atoms with Crippen molar-refractivity contribution in [2.24, 2.45) is 0 Å². The molecule has 0 radical (unpaired) electrons. The van der Waals surface area contributed by atoms with Crippen LogP contribution in [0.5, 0.6) is 0 Å². The molecule has 96 valence electrons. The highest BCUT2D eigenvalue weighted by Gasteiger charge is 2.30. The van der Waals surface area contributed by atoms with E-state index in [2.05, 4.69) is 15.5 Å². The summed E-state index contributed by atoms with van der Waals surface area (Å²) in [7, 11) is 0. The number of nitrogens with one attached hydrogen (secondary N) is 1. The zero-order valence-electron chi connectivity index (χ0n) is 9.80. The van der Waals surface area contributed by atoms with E-state index in [0.717, 1.165) is 4.90 Å². The average molecular weight is 252 g/mol. The number of carbonyl (C=O) groups is 3. The Labute approximate surface area is 102 Å². The van der Waals surface area contributed by atoms with E-state index < -0.39 is 5.91 Å². The van der Waals surface area contributed by atoms with Gasteiger partial charge in [0, 0.05) is 12.8 Å². The molecule has 8 nitrogen and oxygen atoms in total. The second-order valence-electron chi connectivity index (χ2n) is 3.89. The van der Waals surface area contributed by atoms with E-state index in [1.807, 2.05) is 0 Å². The van der Waals surface area contributed by atoms with Gasteiger partial charge in [0.25, 0.3) is 0 Å². The summed E-state index contributed by atoms with van der Waals surface area (Å²) in [5, 5.41) is 6.06. The lowest BCUT2D eigenvalue weighted by Gasteiger charge is -2.12. The van der Waals surface area contributed by atoms with Gasteiger partial charge >= 0.3 is 0 Å². The fourth-order valence-electron chi connectivity index (χ4n) is 1.58. The molecule has 0 spiro atoms. The quantitative estimate of drug-likeness (QED) is 0.699. The molecule has 0 aliphatic carbocycles. The van der Waals surface area contributed by atoms with Crippen LogP contribution in [0.1, 0.15) is 24.6 Å². The van der Waals surface area contributed by atoms with Crippen LogP contribution in [0.15, 0.2) is 4.52 Å². The predicted molar refractivity (Wildman–Crippen MR) is 56.8 cm³/mol. The first-order chi connectivity index (χ1) is 8.56. The molecule has 0 aromatic carbocycles. The van der Waals surface area contributed by atoms with Gasteiger partial charge in [-0.3, -0.25) is 19.3 Å². The Hall–Kier alpha value is -2.25. The average Bonchev–Trinajstić information content (AvgIpc) is 2.87. The number of aryl methyl sites for hydroxylation is 1. The first-order valence-electron chi connectivity index (χ1n) is 5.45. The van der Waals surface area contributed by atoms with Crippen LogP contribution in [0.25, 0.3) is 0 Å². The van der Waals surface area contributed by atoms with Crippen molar-refractivity contribution in [3.8, 4) is 0 Å². The second-order valence-corrected chi connectivity index (χ2v) is 3.89. The van der Waals surface area contributed by atoms with Crippen molar-refractivity contribution in [1.29, 1.82) is 0 Å². The molecule has 0 saturated carbocycles. The van der Waals surface area contributed by atoms with Gasteiger partial charge in [-0.2, -0.15) is 4.98 Å². The molecular weight excluding hydrogens is 240 g/mol. The van der Waals surface area contributed by atoms with E-state index >= 15 is 0 Å². The zero-order valence-corrected chi connectivity index (χ0v) is 9.80. The van der Waals surface area contributed by atoms with Crippen LogP contribution in [-0.2, 0) is 20.9 Å². The number of hydrogen-bond acceptors (Lipinski definition) is 6. The highest BCUT2D eigenvalue weighted by Crippen LogP contribution is 2.10. The Morgan fingerprint density at radius 1 is 1.39 bits per heavy atom. The SMILES string of the molecule is Cc1noc(CNC(=O)CN2C(=O)CCC2=O)n1. The topological polar surface area (TPSA) is 105 Å². The summed E-state index contributed by atoms with van der Waals surface area (Å²) in [5.41, 5.74) is 0. The molecule has 0 bridgehead atoms. The van der Waals surface area contributed by atoms with Crippen LogP contribution in [0.3, 0.4) is 0 Å². The van der Waals surface area contributed by atoms with Crippen molar-refractivity contribution >= 4 is 17.7 Å². The molecule has 2 rings (SSSR count). The van der Waals surface area contributed by atoms with Gasteiger partial charge in [0.2, 0.25) is 23.6 Å². The molecule has 1 aliphatic heterocycles. The number of imide groups is 1. The van der Waals surface area contributed by atoms with Crippen LogP contribution in [0.2, 0.25) is 0 Å². The number of amides is 3. The zero-order chi connectivity index (χ0) is 13.1. The lowest BCUT2D eigenvalue weighted by Crippen LogP contribution is -2.39. The number of rotatable bonds is 4. The van der Waals surface area contributed by atoms with Crippen molar-refractivity contribution < 1.29 is 18.9 Å². The fourth-order valence-corrected chi connectivity index (χ4v) is 1.58. The minimum absolute atomic E-state index is 0.0793. The monoisotopic (exact) mass is 252 g/mol. The number of likely N-dealkylation sites (tertiary alicyclic amines) is 1. The van der Waals surface area contributed by atoms with Crippen molar-refractivity contribution in [2.75, 3.05) is 6.54 Å². The maximum absolute atomic E-state index is 11.5. The Morgan fingerprint density at radius 3 is 2.61 bits per heavy atom. The van der Waals surface area contributed by atoms with Gasteiger partial charge in [-0.05, 0) is 6.92 Å². The third-order valence-corrected chi connectivity index (χ3v) is 2.46. The van der Waals surface area contributed by atoms with Gasteiger partial charge in [0.1, 0.15) is 6.54 Å². The van der Waals surface area contributed by atoms with Crippen molar-refractivity contribution in [1.82, 2.24) is 20.4 Å². The van der Waals surface area contributed by atoms with Crippen LogP contribution >= 0.6 is 0 Å². The molecule has 1 N–H and O–H groups in total. The predicted octanol–water partition coefficient (Wildman–Crippen LogP) is -0.857. The lowest BCUT2D eigenvalue weighted by molar-refractivity contribution is -0.142. The molecule has 1 saturated heterocycles. The van der Waals surface area contributed by atoms with Gasteiger partial charge in [0.15, 0.2) is 5.82 Å². The Bertz CT molecular complexity index is 480. The van der Waals surface area contributed by atoms with Gasteiger partial charge in [-0.25, -0.2) is 0 Å². The standard InChI is InChI=1S/C10H12N4O4/c1-6-12-8(18-13-6)4-11-7(15)5-14-9(16)2-3-10(14)17/h2-5H2,1H3,(H,11,15). The lowest BCUT2D eigenvalue weighted by atomic mass is 10.4. The molecule has 1 fully saturated rings. The molecule has 0 atom stereocenters. The van der Waals surface area contributed by atoms with Crippen LogP contribution < -0.4 is 5.32 Å². The molecule has 1 aromatic heterocycles. The number of nitrogens with zero attached hydrogens (tertiary/aromatic N) is 3. The minimum Gasteiger partial charge on any atom is -0.345 e. The van der Waals surface area contributed by atoms with Crippen LogP contribution in [-0.4, -0.2) is 39.3 Å². The number of hydrogen-bond donors (Lipinski definition) is 1. The highest BCUT2D eigenvalue weighted by molar-refractivity contribution is 6.04. The smallest absolute Gasteiger partial charge is 0.246 e. The van der Waals surface area contributed by atoms with Crippen LogP contribution in [0.4, 0.5) is 0 Å². The summed E-state index contributed by atoms with van der Waals surface area (Å²) in [4.78, 5) is 38.9. The van der Waals surface area contributed by atoms with E-state index in [1.165, 1.54) is 0 Å². The fraction of sp³-hybridized carbons (Fsp3) is 0.500. The van der Waals surface area contributed by atoms with E-state index in [-0.39, 0.29) is 43.6 Å². The van der Waals surface area contributed by atoms with Gasteiger partial charge in [0.05, 0.1) is 6.54 Å². The third kappa shape index (κ3) is 2.70. The summed E-state index contributed by atoms with van der Waals surface area (Å²) in [6.45, 7) is 1.48. The van der Waals surface area contributed by atoms with E-state index in [9.17, 15) is 14.4 Å². The minimum atomic E-state index is -0.436. The molecule has 1 aromatic rings. The second kappa shape index (κ2) is 4.94. The van der Waals surface area contributed by atoms with Crippen molar-refractivity contribution in [3.05, 3.63) is 11.7 Å². The highest BCUT2D eigenvalue weighted by atomic mass is 16.5. The van der Waals surface area contributed by atoms with Gasteiger partial charge in [-0.15, -0.1) is 0 Å². The normalized spacial score (nSPS) is 15.3. The summed E-state index contributed by atoms with van der Waals surface area (Å²) in [6, 6.07) is 0. The van der Waals surface area contributed by atoms with E-state index in [4.69, 9.17) is 4.52 Å². The summed E-state index contributed by atoms with van der Waals surface area (Å²) >= 11 is 0. The molecule has 0 unspecified atom stereocenters. The van der Waals surface area contributed by atoms with Gasteiger partial charge in [-0.1, -0.05) is 5.16 Å². The Balaban J connectivity index is 1.82. The molecule has 8 heteroatoms. The number of carbonyl (C=O) groups excluding carboxylic acids is 3. The molecular formula is C10H12N4O4. The first-order valence-corrected chi connectivity index (χ1v) is 5.45. The number of aromatic nitrogens is 2. The van der Waals surface area contributed by atoms with Crippen molar-refractivity contribution in [2.45, 2.75) is 26.3 Å². The maximum atomic E-state index is 11.5. The van der Waals surface area contributed by atoms with Crippen molar-refractivity contribution in [3.63, 3.8) is 0 Å². The van der Waals surface area contributed by atoms with Gasteiger partial charge < -0.3 is 9.84 Å². The molecule has 3 amide bonds. The largest absolute Gasteiger partial charge is 0.345 e. The summed E-state index contributed by atoms with van der Waals surface area (Å²) in [5.74, 6) is -0.314. The molecule has 18 heavy (non-hydrogen) atoms.